The van der Waals surface area contributed by atoms with Crippen molar-refractivity contribution < 1.29 is 4.79 Å². The number of carbonyl (C=O) groups is 1. The molecule has 1 aromatic heterocycles. The van der Waals surface area contributed by atoms with Crippen molar-refractivity contribution in [2.24, 2.45) is 11.0 Å². The fourth-order valence-corrected chi connectivity index (χ4v) is 2.78. The van der Waals surface area contributed by atoms with Gasteiger partial charge in [0.15, 0.2) is 0 Å². The summed E-state index contributed by atoms with van der Waals surface area (Å²) in [5.41, 5.74) is 0.930. The SMILES string of the molecule is O=CC1NC(C2CCCCC2)=Nn2cccc21. The average Bonchev–Trinajstić information content (AvgIpc) is 2.86. The van der Waals surface area contributed by atoms with E-state index >= 15 is 0 Å². The maximum absolute atomic E-state index is 11.1. The van der Waals surface area contributed by atoms with E-state index < -0.39 is 0 Å². The van der Waals surface area contributed by atoms with Gasteiger partial charge in [-0.15, -0.1) is 0 Å². The van der Waals surface area contributed by atoms with Gasteiger partial charge < -0.3 is 10.1 Å². The van der Waals surface area contributed by atoms with Gasteiger partial charge in [0.05, 0.1) is 5.69 Å². The Morgan fingerprint density at radius 1 is 1.35 bits per heavy atom. The van der Waals surface area contributed by atoms with E-state index in [4.69, 9.17) is 0 Å². The van der Waals surface area contributed by atoms with Crippen LogP contribution in [0.15, 0.2) is 23.4 Å². The smallest absolute Gasteiger partial charge is 0.148 e. The fraction of sp³-hybridized carbons (Fsp3) is 0.538. The molecule has 90 valence electrons. The predicted molar refractivity (Wildman–Crippen MR) is 65.8 cm³/mol. The van der Waals surface area contributed by atoms with Crippen LogP contribution in [-0.2, 0) is 4.79 Å². The highest BCUT2D eigenvalue weighted by Crippen LogP contribution is 2.27. The van der Waals surface area contributed by atoms with Gasteiger partial charge in [0, 0.05) is 12.1 Å². The lowest BCUT2D eigenvalue weighted by atomic mass is 9.88. The van der Waals surface area contributed by atoms with Gasteiger partial charge in [-0.3, -0.25) is 0 Å². The Bertz CT molecular complexity index is 443. The van der Waals surface area contributed by atoms with Crippen LogP contribution in [0.5, 0.6) is 0 Å². The first kappa shape index (κ1) is 10.6. The molecule has 2 aliphatic rings. The molecule has 2 heterocycles. The zero-order chi connectivity index (χ0) is 11.7. The third-order valence-electron chi connectivity index (χ3n) is 3.72. The number of aromatic nitrogens is 1. The summed E-state index contributed by atoms with van der Waals surface area (Å²) in [6.07, 6.45) is 9.13. The first-order valence-corrected chi connectivity index (χ1v) is 6.36. The molecule has 0 radical (unpaired) electrons. The van der Waals surface area contributed by atoms with Crippen LogP contribution in [-0.4, -0.2) is 16.8 Å². The van der Waals surface area contributed by atoms with Crippen molar-refractivity contribution >= 4 is 12.1 Å². The van der Waals surface area contributed by atoms with Crippen molar-refractivity contribution in [2.75, 3.05) is 0 Å². The van der Waals surface area contributed by atoms with Crippen LogP contribution >= 0.6 is 0 Å². The summed E-state index contributed by atoms with van der Waals surface area (Å²) >= 11 is 0. The summed E-state index contributed by atoms with van der Waals surface area (Å²) < 4.78 is 1.83. The molecule has 1 unspecified atom stereocenters. The number of aldehydes is 1. The number of nitrogens with zero attached hydrogens (tertiary/aromatic N) is 2. The van der Waals surface area contributed by atoms with Crippen molar-refractivity contribution in [2.45, 2.75) is 38.1 Å². The number of amidine groups is 1. The van der Waals surface area contributed by atoms with Crippen LogP contribution in [0, 0.1) is 5.92 Å². The highest BCUT2D eigenvalue weighted by Gasteiger charge is 2.27. The number of carbonyl (C=O) groups excluding carboxylic acids is 1. The zero-order valence-corrected chi connectivity index (χ0v) is 9.80. The van der Waals surface area contributed by atoms with E-state index in [1.807, 2.05) is 23.0 Å². The summed E-state index contributed by atoms with van der Waals surface area (Å²) in [6, 6.07) is 3.63. The van der Waals surface area contributed by atoms with E-state index in [-0.39, 0.29) is 6.04 Å². The summed E-state index contributed by atoms with van der Waals surface area (Å²) in [4.78, 5) is 11.1. The van der Waals surface area contributed by atoms with Crippen LogP contribution in [0.4, 0.5) is 0 Å². The Morgan fingerprint density at radius 2 is 2.18 bits per heavy atom. The van der Waals surface area contributed by atoms with E-state index in [0.717, 1.165) is 17.8 Å². The molecule has 4 nitrogen and oxygen atoms in total. The highest BCUT2D eigenvalue weighted by atomic mass is 16.1. The van der Waals surface area contributed by atoms with E-state index in [1.165, 1.54) is 32.1 Å². The van der Waals surface area contributed by atoms with Crippen molar-refractivity contribution in [3.63, 3.8) is 0 Å². The molecule has 1 saturated carbocycles. The molecular weight excluding hydrogens is 214 g/mol. The molecular formula is C13H17N3O. The molecule has 0 bridgehead atoms. The molecule has 0 saturated heterocycles. The quantitative estimate of drug-likeness (QED) is 0.792. The number of hydrogen-bond donors (Lipinski definition) is 1. The minimum atomic E-state index is -0.237. The Kier molecular flexibility index (Phi) is 2.71. The molecule has 17 heavy (non-hydrogen) atoms. The highest BCUT2D eigenvalue weighted by molar-refractivity contribution is 5.88. The molecule has 1 aliphatic heterocycles. The Labute approximate surface area is 101 Å². The third kappa shape index (κ3) is 1.88. The lowest BCUT2D eigenvalue weighted by molar-refractivity contribution is -0.109. The molecule has 4 heteroatoms. The summed E-state index contributed by atoms with van der Waals surface area (Å²) in [5, 5.41) is 7.87. The number of fused-ring (bicyclic) bond motifs is 1. The van der Waals surface area contributed by atoms with Crippen molar-refractivity contribution in [3.8, 4) is 0 Å². The maximum Gasteiger partial charge on any atom is 0.148 e. The lowest BCUT2D eigenvalue weighted by Gasteiger charge is -2.29. The van der Waals surface area contributed by atoms with Crippen molar-refractivity contribution in [1.82, 2.24) is 9.99 Å². The molecule has 1 fully saturated rings. The van der Waals surface area contributed by atoms with Crippen LogP contribution in [0.1, 0.15) is 43.8 Å². The Hall–Kier alpha value is -1.58. The van der Waals surface area contributed by atoms with Crippen LogP contribution < -0.4 is 5.32 Å². The van der Waals surface area contributed by atoms with E-state index in [0.29, 0.717) is 5.92 Å². The van der Waals surface area contributed by atoms with Crippen LogP contribution in [0.3, 0.4) is 0 Å². The van der Waals surface area contributed by atoms with Gasteiger partial charge in [0.25, 0.3) is 0 Å². The van der Waals surface area contributed by atoms with Crippen LogP contribution in [0.25, 0.3) is 0 Å². The van der Waals surface area contributed by atoms with Gasteiger partial charge in [-0.25, -0.2) is 4.68 Å². The fourth-order valence-electron chi connectivity index (χ4n) is 2.78. The molecule has 0 aromatic carbocycles. The van der Waals surface area contributed by atoms with E-state index in [1.54, 1.807) is 0 Å². The van der Waals surface area contributed by atoms with Gasteiger partial charge in [-0.05, 0) is 25.0 Å². The monoisotopic (exact) mass is 231 g/mol. The van der Waals surface area contributed by atoms with Crippen LogP contribution in [0.2, 0.25) is 0 Å². The second-order valence-electron chi connectivity index (χ2n) is 4.86. The van der Waals surface area contributed by atoms with Crippen molar-refractivity contribution in [3.05, 3.63) is 24.0 Å². The lowest BCUT2D eigenvalue weighted by Crippen LogP contribution is -2.40. The largest absolute Gasteiger partial charge is 0.357 e. The molecule has 1 atom stereocenters. The first-order valence-electron chi connectivity index (χ1n) is 6.36. The standard InChI is InChI=1S/C13H17N3O/c17-9-11-12-7-4-8-16(12)15-13(14-11)10-5-2-1-3-6-10/h4,7-11H,1-3,5-6H2,(H,14,15). The summed E-state index contributed by atoms with van der Waals surface area (Å²) in [6.45, 7) is 0. The summed E-state index contributed by atoms with van der Waals surface area (Å²) in [5.74, 6) is 1.49. The third-order valence-corrected chi connectivity index (χ3v) is 3.72. The van der Waals surface area contributed by atoms with E-state index in [2.05, 4.69) is 10.4 Å². The Morgan fingerprint density at radius 3 is 2.94 bits per heavy atom. The van der Waals surface area contributed by atoms with Gasteiger partial charge in [-0.1, -0.05) is 19.3 Å². The second-order valence-corrected chi connectivity index (χ2v) is 4.86. The number of nitrogens with one attached hydrogen (secondary N) is 1. The minimum Gasteiger partial charge on any atom is -0.357 e. The molecule has 3 rings (SSSR count). The molecule has 1 aliphatic carbocycles. The molecule has 1 aromatic rings. The van der Waals surface area contributed by atoms with Crippen molar-refractivity contribution in [1.29, 1.82) is 0 Å². The molecule has 1 N–H and O–H groups in total. The Balaban J connectivity index is 1.89. The second kappa shape index (κ2) is 4.35. The topological polar surface area (TPSA) is 46.4 Å². The minimum absolute atomic E-state index is 0.237. The normalized spacial score (nSPS) is 24.7. The first-order chi connectivity index (χ1) is 8.38. The van der Waals surface area contributed by atoms with Gasteiger partial charge in [-0.2, -0.15) is 5.10 Å². The number of rotatable bonds is 2. The molecule has 0 spiro atoms. The van der Waals surface area contributed by atoms with E-state index in [9.17, 15) is 4.79 Å². The van der Waals surface area contributed by atoms with Gasteiger partial charge >= 0.3 is 0 Å². The summed E-state index contributed by atoms with van der Waals surface area (Å²) in [7, 11) is 0. The predicted octanol–water partition coefficient (Wildman–Crippen LogP) is 2.07. The maximum atomic E-state index is 11.1. The average molecular weight is 231 g/mol. The van der Waals surface area contributed by atoms with Gasteiger partial charge in [0.1, 0.15) is 18.2 Å². The van der Waals surface area contributed by atoms with Gasteiger partial charge in [0.2, 0.25) is 0 Å². The number of hydrogen-bond acceptors (Lipinski definition) is 3. The zero-order valence-electron chi connectivity index (χ0n) is 9.80. The molecule has 0 amide bonds.